The van der Waals surface area contributed by atoms with Gasteiger partial charge in [0.05, 0.1) is 11.3 Å². The number of aryl methyl sites for hydroxylation is 1. The van der Waals surface area contributed by atoms with E-state index in [9.17, 15) is 4.79 Å². The van der Waals surface area contributed by atoms with Crippen LogP contribution >= 0.6 is 23.1 Å². The molecule has 3 rings (SSSR count). The van der Waals surface area contributed by atoms with E-state index >= 15 is 0 Å². The van der Waals surface area contributed by atoms with Gasteiger partial charge in [-0.1, -0.05) is 30.0 Å². The summed E-state index contributed by atoms with van der Waals surface area (Å²) in [4.78, 5) is 12.3. The Morgan fingerprint density at radius 2 is 2.30 bits per heavy atom. The number of carbonyl (C=O) groups excluding carboxylic acids is 1. The van der Waals surface area contributed by atoms with Crippen molar-refractivity contribution in [2.75, 3.05) is 11.1 Å². The molecule has 1 amide bonds. The summed E-state index contributed by atoms with van der Waals surface area (Å²) in [6.07, 6.45) is 1.42. The normalized spacial score (nSPS) is 11.5. The first-order chi connectivity index (χ1) is 14.5. The number of hydrogen-bond donors (Lipinski definition) is 1. The zero-order valence-corrected chi connectivity index (χ0v) is 18.3. The van der Waals surface area contributed by atoms with Crippen LogP contribution in [0.1, 0.15) is 30.0 Å². The summed E-state index contributed by atoms with van der Waals surface area (Å²) in [7, 11) is 0. The first kappa shape index (κ1) is 21.6. The number of rotatable bonds is 9. The van der Waals surface area contributed by atoms with Gasteiger partial charge < -0.3 is 10.1 Å². The number of nitrogens with one attached hydrogen (secondary N) is 1. The lowest BCUT2D eigenvalue weighted by atomic mass is 10.2. The number of thioether (sulfide) groups is 1. The first-order valence-electron chi connectivity index (χ1n) is 9.19. The minimum Gasteiger partial charge on any atom is -0.483 e. The SMILES string of the molecule is C=CCn1c(SCC(=O)Nc2sccc2C#N)nnc1C(C)Oc1cccc(C)c1. The monoisotopic (exact) mass is 439 g/mol. The topological polar surface area (TPSA) is 92.8 Å². The molecule has 0 radical (unpaired) electrons. The highest BCUT2D eigenvalue weighted by Crippen LogP contribution is 2.26. The number of thiophene rings is 1. The molecule has 7 nitrogen and oxygen atoms in total. The summed E-state index contributed by atoms with van der Waals surface area (Å²) in [5.41, 5.74) is 1.57. The van der Waals surface area contributed by atoms with Crippen molar-refractivity contribution in [3.63, 3.8) is 0 Å². The smallest absolute Gasteiger partial charge is 0.235 e. The predicted molar refractivity (Wildman–Crippen MR) is 119 cm³/mol. The van der Waals surface area contributed by atoms with Crippen molar-refractivity contribution in [3.8, 4) is 11.8 Å². The number of hydrogen-bond acceptors (Lipinski definition) is 7. The minimum absolute atomic E-state index is 0.144. The third-order valence-corrected chi connectivity index (χ3v) is 5.89. The number of ether oxygens (including phenoxy) is 1. The molecule has 154 valence electrons. The van der Waals surface area contributed by atoms with E-state index in [1.807, 2.05) is 42.7 Å². The Hall–Kier alpha value is -3.09. The highest BCUT2D eigenvalue weighted by molar-refractivity contribution is 7.99. The first-order valence-corrected chi connectivity index (χ1v) is 11.1. The van der Waals surface area contributed by atoms with E-state index in [0.29, 0.717) is 28.1 Å². The van der Waals surface area contributed by atoms with Crippen molar-refractivity contribution in [2.24, 2.45) is 0 Å². The van der Waals surface area contributed by atoms with Gasteiger partial charge in [0.1, 0.15) is 16.8 Å². The molecule has 9 heteroatoms. The van der Waals surface area contributed by atoms with Crippen LogP contribution in [0.4, 0.5) is 5.00 Å². The summed E-state index contributed by atoms with van der Waals surface area (Å²) >= 11 is 2.59. The Kier molecular flexibility index (Phi) is 7.27. The Labute approximate surface area is 183 Å². The zero-order valence-electron chi connectivity index (χ0n) is 16.7. The molecule has 0 fully saturated rings. The number of anilines is 1. The van der Waals surface area contributed by atoms with Crippen LogP contribution in [-0.4, -0.2) is 26.4 Å². The molecule has 0 aliphatic carbocycles. The van der Waals surface area contributed by atoms with Crippen LogP contribution in [0.5, 0.6) is 5.75 Å². The Morgan fingerprint density at radius 3 is 3.03 bits per heavy atom. The molecule has 0 spiro atoms. The van der Waals surface area contributed by atoms with Gasteiger partial charge in [-0.3, -0.25) is 9.36 Å². The van der Waals surface area contributed by atoms with Gasteiger partial charge in [-0.25, -0.2) is 0 Å². The van der Waals surface area contributed by atoms with Gasteiger partial charge in [0.2, 0.25) is 5.91 Å². The molecule has 0 aliphatic heterocycles. The molecule has 2 aromatic heterocycles. The van der Waals surface area contributed by atoms with Gasteiger partial charge >= 0.3 is 0 Å². The number of nitrogens with zero attached hydrogens (tertiary/aromatic N) is 4. The fourth-order valence-corrected chi connectivity index (χ4v) is 4.25. The van der Waals surface area contributed by atoms with Crippen LogP contribution in [0.2, 0.25) is 0 Å². The predicted octanol–water partition coefficient (Wildman–Crippen LogP) is 4.58. The largest absolute Gasteiger partial charge is 0.483 e. The van der Waals surface area contributed by atoms with Crippen LogP contribution in [0, 0.1) is 18.3 Å². The van der Waals surface area contributed by atoms with Crippen LogP contribution in [0.15, 0.2) is 53.5 Å². The molecule has 1 unspecified atom stereocenters. The van der Waals surface area contributed by atoms with Crippen LogP contribution in [0.3, 0.4) is 0 Å². The van der Waals surface area contributed by atoms with Crippen molar-refractivity contribution in [3.05, 3.63) is 65.3 Å². The summed E-state index contributed by atoms with van der Waals surface area (Å²) in [6, 6.07) is 11.5. The second-order valence-corrected chi connectivity index (χ2v) is 8.29. The number of carbonyl (C=O) groups is 1. The molecular formula is C21H21N5O2S2. The molecule has 1 N–H and O–H groups in total. The molecule has 3 aromatic rings. The number of aromatic nitrogens is 3. The Balaban J connectivity index is 1.68. The van der Waals surface area contributed by atoms with Gasteiger partial charge in [0, 0.05) is 6.54 Å². The van der Waals surface area contributed by atoms with Crippen molar-refractivity contribution >= 4 is 34.0 Å². The van der Waals surface area contributed by atoms with Crippen molar-refractivity contribution in [1.29, 1.82) is 5.26 Å². The molecule has 0 saturated carbocycles. The maximum Gasteiger partial charge on any atom is 0.235 e. The maximum absolute atomic E-state index is 12.3. The van der Waals surface area contributed by atoms with Gasteiger partial charge in [-0.15, -0.1) is 28.1 Å². The van der Waals surface area contributed by atoms with Crippen LogP contribution < -0.4 is 10.1 Å². The lowest BCUT2D eigenvalue weighted by molar-refractivity contribution is -0.113. The average molecular weight is 440 g/mol. The second-order valence-electron chi connectivity index (χ2n) is 6.43. The van der Waals surface area contributed by atoms with E-state index in [-0.39, 0.29) is 17.8 Å². The summed E-state index contributed by atoms with van der Waals surface area (Å²) in [5.74, 6) is 1.35. The molecule has 2 heterocycles. The molecule has 0 bridgehead atoms. The summed E-state index contributed by atoms with van der Waals surface area (Å²) in [6.45, 7) is 8.22. The minimum atomic E-state index is -0.327. The molecule has 1 aromatic carbocycles. The highest BCUT2D eigenvalue weighted by Gasteiger charge is 2.20. The standard InChI is InChI=1S/C21H21N5O2S2/c1-4-9-26-19(15(3)28-17-7-5-6-14(2)11-17)24-25-21(26)30-13-18(27)23-20-16(12-22)8-10-29-20/h4-8,10-11,15H,1,9,13H2,2-3H3,(H,23,27). The highest BCUT2D eigenvalue weighted by atomic mass is 32.2. The maximum atomic E-state index is 12.3. The van der Waals surface area contributed by atoms with E-state index in [2.05, 4.69) is 28.2 Å². The molecule has 0 saturated heterocycles. The van der Waals surface area contributed by atoms with Crippen LogP contribution in [0.25, 0.3) is 0 Å². The average Bonchev–Trinajstić information content (AvgIpc) is 3.33. The molecule has 1 atom stereocenters. The van der Waals surface area contributed by atoms with E-state index in [1.165, 1.54) is 23.1 Å². The number of amides is 1. The van der Waals surface area contributed by atoms with Crippen molar-refractivity contribution in [1.82, 2.24) is 14.8 Å². The van der Waals surface area contributed by atoms with Gasteiger partial charge in [0.25, 0.3) is 0 Å². The quantitative estimate of drug-likeness (QED) is 0.388. The number of benzene rings is 1. The third kappa shape index (κ3) is 5.28. The number of allylic oxidation sites excluding steroid dienone is 1. The van der Waals surface area contributed by atoms with E-state index in [4.69, 9.17) is 10.00 Å². The second kappa shape index (κ2) is 10.1. The van der Waals surface area contributed by atoms with Gasteiger partial charge in [-0.05, 0) is 43.0 Å². The zero-order chi connectivity index (χ0) is 21.5. The third-order valence-electron chi connectivity index (χ3n) is 4.09. The fourth-order valence-electron chi connectivity index (χ4n) is 2.74. The van der Waals surface area contributed by atoms with E-state index < -0.39 is 0 Å². The lowest BCUT2D eigenvalue weighted by Gasteiger charge is -2.16. The van der Waals surface area contributed by atoms with Crippen molar-refractivity contribution in [2.45, 2.75) is 31.7 Å². The van der Waals surface area contributed by atoms with Gasteiger partial charge in [0.15, 0.2) is 17.1 Å². The van der Waals surface area contributed by atoms with Gasteiger partial charge in [-0.2, -0.15) is 5.26 Å². The van der Waals surface area contributed by atoms with Crippen molar-refractivity contribution < 1.29 is 9.53 Å². The number of nitriles is 1. The van der Waals surface area contributed by atoms with E-state index in [1.54, 1.807) is 17.5 Å². The molecule has 0 aliphatic rings. The Morgan fingerprint density at radius 1 is 1.47 bits per heavy atom. The molecule has 30 heavy (non-hydrogen) atoms. The molecular weight excluding hydrogens is 418 g/mol. The Bertz CT molecular complexity index is 1080. The summed E-state index contributed by atoms with van der Waals surface area (Å²) in [5, 5.41) is 23.3. The lowest BCUT2D eigenvalue weighted by Crippen LogP contribution is -2.15. The fraction of sp³-hybridized carbons (Fsp3) is 0.238. The summed E-state index contributed by atoms with van der Waals surface area (Å²) < 4.78 is 7.91. The van der Waals surface area contributed by atoms with Crippen LogP contribution in [-0.2, 0) is 11.3 Å². The van der Waals surface area contributed by atoms with E-state index in [0.717, 1.165) is 11.3 Å².